The summed E-state index contributed by atoms with van der Waals surface area (Å²) in [6.07, 6.45) is 8.39. The topological polar surface area (TPSA) is 147 Å². The smallest absolute Gasteiger partial charge is 0.326 e. The summed E-state index contributed by atoms with van der Waals surface area (Å²) in [6.45, 7) is 7.07. The molecule has 8 heteroatoms. The highest BCUT2D eigenvalue weighted by Crippen LogP contribution is 2.68. The Hall–Kier alpha value is -2.32. The Labute approximate surface area is 243 Å². The molecule has 4 fully saturated rings. The van der Waals surface area contributed by atoms with Crippen LogP contribution in [0.1, 0.15) is 90.5 Å². The van der Waals surface area contributed by atoms with Gasteiger partial charge in [0.05, 0.1) is 12.2 Å². The summed E-state index contributed by atoms with van der Waals surface area (Å²) in [7, 11) is 0. The number of carboxylic acid groups (broad SMARTS) is 1. The minimum Gasteiger partial charge on any atom is -0.504 e. The molecule has 0 saturated heterocycles. The minimum absolute atomic E-state index is 0.0139. The maximum Gasteiger partial charge on any atom is 0.326 e. The van der Waals surface area contributed by atoms with E-state index in [9.17, 15) is 35.1 Å². The molecule has 4 aliphatic rings. The van der Waals surface area contributed by atoms with E-state index in [1.807, 2.05) is 0 Å². The molecule has 8 nitrogen and oxygen atoms in total. The predicted octanol–water partition coefficient (Wildman–Crippen LogP) is 4.62. The number of aliphatic hydroxyl groups is 2. The van der Waals surface area contributed by atoms with Crippen molar-refractivity contribution in [1.82, 2.24) is 5.32 Å². The summed E-state index contributed by atoms with van der Waals surface area (Å²) in [5.74, 6) is 0.672. The number of aromatic hydroxyl groups is 2. The molecule has 0 radical (unpaired) electrons. The van der Waals surface area contributed by atoms with Crippen LogP contribution in [0.3, 0.4) is 0 Å². The molecule has 4 saturated carbocycles. The van der Waals surface area contributed by atoms with Crippen molar-refractivity contribution in [3.8, 4) is 11.5 Å². The quantitative estimate of drug-likeness (QED) is 0.250. The summed E-state index contributed by atoms with van der Waals surface area (Å²) in [5, 5.41) is 53.2. The van der Waals surface area contributed by atoms with Crippen LogP contribution in [-0.2, 0) is 16.0 Å². The lowest BCUT2D eigenvalue weighted by molar-refractivity contribution is -0.172. The number of rotatable bonds is 8. The molecule has 0 aromatic heterocycles. The van der Waals surface area contributed by atoms with Gasteiger partial charge in [0.2, 0.25) is 5.91 Å². The Bertz CT molecular complexity index is 1140. The van der Waals surface area contributed by atoms with E-state index in [2.05, 4.69) is 26.1 Å². The van der Waals surface area contributed by atoms with E-state index >= 15 is 0 Å². The maximum absolute atomic E-state index is 12.9. The Morgan fingerprint density at radius 3 is 2.37 bits per heavy atom. The molecule has 228 valence electrons. The number of hydrogen-bond donors (Lipinski definition) is 6. The second-order valence-corrected chi connectivity index (χ2v) is 14.5. The van der Waals surface area contributed by atoms with Crippen molar-refractivity contribution in [2.75, 3.05) is 0 Å². The van der Waals surface area contributed by atoms with Crippen LogP contribution in [0.25, 0.3) is 0 Å². The minimum atomic E-state index is -1.14. The van der Waals surface area contributed by atoms with E-state index in [1.165, 1.54) is 31.0 Å². The molecule has 1 aromatic rings. The molecule has 2 unspecified atom stereocenters. The Morgan fingerprint density at radius 1 is 0.951 bits per heavy atom. The van der Waals surface area contributed by atoms with Crippen molar-refractivity contribution < 1.29 is 35.1 Å². The van der Waals surface area contributed by atoms with Crippen molar-refractivity contribution in [2.45, 2.75) is 110 Å². The van der Waals surface area contributed by atoms with E-state index in [4.69, 9.17) is 0 Å². The van der Waals surface area contributed by atoms with E-state index in [0.717, 1.165) is 38.5 Å². The number of aliphatic carboxylic acids is 1. The van der Waals surface area contributed by atoms with Gasteiger partial charge < -0.3 is 30.8 Å². The highest BCUT2D eigenvalue weighted by Gasteiger charge is 2.62. The fourth-order valence-electron chi connectivity index (χ4n) is 10.2. The molecular weight excluding hydrogens is 522 g/mol. The Balaban J connectivity index is 1.19. The SMILES string of the molecule is C[C@H](CCC(=O)NC(Cc1ccc(O)c(O)c1)C(=O)O)[C@H]1CC[C@H]2[C@@H]3C[C@H](O)C4C[C@H](O)CC[C@]4(C)[C@H]3CC[C@]12C. The van der Waals surface area contributed by atoms with Crippen LogP contribution in [0.5, 0.6) is 11.5 Å². The van der Waals surface area contributed by atoms with Gasteiger partial charge in [-0.3, -0.25) is 4.79 Å². The number of nitrogens with one attached hydrogen (secondary N) is 1. The molecule has 4 aliphatic carbocycles. The monoisotopic (exact) mass is 571 g/mol. The summed E-state index contributed by atoms with van der Waals surface area (Å²) in [5.41, 5.74) is 0.794. The fraction of sp³-hybridized carbons (Fsp3) is 0.758. The van der Waals surface area contributed by atoms with Crippen LogP contribution in [0.2, 0.25) is 0 Å². The summed E-state index contributed by atoms with van der Waals surface area (Å²) in [6, 6.07) is 3.04. The van der Waals surface area contributed by atoms with Crippen LogP contribution in [0.15, 0.2) is 18.2 Å². The third-order valence-corrected chi connectivity index (χ3v) is 12.4. The lowest BCUT2D eigenvalue weighted by atomic mass is 9.44. The number of carboxylic acids is 1. The summed E-state index contributed by atoms with van der Waals surface area (Å²) in [4.78, 5) is 24.7. The third-order valence-electron chi connectivity index (χ3n) is 12.4. The van der Waals surface area contributed by atoms with Crippen LogP contribution in [0.4, 0.5) is 0 Å². The molecule has 0 bridgehead atoms. The van der Waals surface area contributed by atoms with Gasteiger partial charge in [-0.25, -0.2) is 4.79 Å². The van der Waals surface area contributed by atoms with Crippen molar-refractivity contribution in [2.24, 2.45) is 46.3 Å². The van der Waals surface area contributed by atoms with Crippen molar-refractivity contribution in [1.29, 1.82) is 0 Å². The van der Waals surface area contributed by atoms with Crippen LogP contribution >= 0.6 is 0 Å². The van der Waals surface area contributed by atoms with Crippen molar-refractivity contribution >= 4 is 11.9 Å². The first kappa shape index (κ1) is 30.1. The Morgan fingerprint density at radius 2 is 1.66 bits per heavy atom. The van der Waals surface area contributed by atoms with Gasteiger partial charge in [-0.1, -0.05) is 26.8 Å². The van der Waals surface area contributed by atoms with Crippen molar-refractivity contribution in [3.05, 3.63) is 23.8 Å². The highest BCUT2D eigenvalue weighted by molar-refractivity contribution is 5.83. The number of phenolic OH excluding ortho intramolecular Hbond substituents is 2. The molecule has 0 heterocycles. The summed E-state index contributed by atoms with van der Waals surface area (Å²) >= 11 is 0. The largest absolute Gasteiger partial charge is 0.504 e. The van der Waals surface area contributed by atoms with E-state index < -0.39 is 12.0 Å². The van der Waals surface area contributed by atoms with Gasteiger partial charge in [0.15, 0.2) is 11.5 Å². The number of fused-ring (bicyclic) bond motifs is 5. The molecule has 1 amide bonds. The van der Waals surface area contributed by atoms with Crippen LogP contribution in [-0.4, -0.2) is 55.7 Å². The lowest BCUT2D eigenvalue weighted by Crippen LogP contribution is -2.58. The molecule has 0 aliphatic heterocycles. The molecule has 41 heavy (non-hydrogen) atoms. The van der Waals surface area contributed by atoms with Gasteiger partial charge in [-0.2, -0.15) is 0 Å². The van der Waals surface area contributed by atoms with Crippen LogP contribution in [0, 0.1) is 46.3 Å². The molecular formula is C33H49NO7. The Kier molecular flexibility index (Phi) is 8.38. The lowest BCUT2D eigenvalue weighted by Gasteiger charge is -2.62. The number of aliphatic hydroxyl groups excluding tert-OH is 2. The first-order chi connectivity index (χ1) is 19.3. The van der Waals surface area contributed by atoms with Gasteiger partial charge in [0.25, 0.3) is 0 Å². The number of carbonyl (C=O) groups excluding carboxylic acids is 1. The van der Waals surface area contributed by atoms with Gasteiger partial charge in [-0.15, -0.1) is 0 Å². The molecule has 1 aromatic carbocycles. The maximum atomic E-state index is 12.9. The fourth-order valence-corrected chi connectivity index (χ4v) is 10.2. The number of benzene rings is 1. The normalized spacial score (nSPS) is 39.6. The molecule has 6 N–H and O–H groups in total. The standard InChI is InChI=1S/C33H49NO7/c1-18(4-9-30(39)34-26(31(40)41)14-19-5-8-27(36)29(38)15-19)22-6-7-23-21-17-28(37)25-16-20(35)10-12-33(25,3)24(21)11-13-32(22,23)2/h5,8,15,18,20-26,28,35-38H,4,6-7,9-14,16-17H2,1-3H3,(H,34,39)(H,40,41)/t18-,20-,21+,22-,23+,24+,25?,26?,28+,32-,33-/m1/s1. The van der Waals surface area contributed by atoms with Gasteiger partial charge in [-0.05, 0) is 122 Å². The third kappa shape index (κ3) is 5.58. The zero-order valence-corrected chi connectivity index (χ0v) is 24.8. The first-order valence-corrected chi connectivity index (χ1v) is 15.7. The zero-order chi connectivity index (χ0) is 29.7. The number of carbonyl (C=O) groups is 2. The van der Waals surface area contributed by atoms with Gasteiger partial charge in [0.1, 0.15) is 6.04 Å². The first-order valence-electron chi connectivity index (χ1n) is 15.7. The van der Waals surface area contributed by atoms with Crippen LogP contribution < -0.4 is 5.32 Å². The molecule has 0 spiro atoms. The molecule has 11 atom stereocenters. The average molecular weight is 572 g/mol. The summed E-state index contributed by atoms with van der Waals surface area (Å²) < 4.78 is 0. The van der Waals surface area contributed by atoms with E-state index in [0.29, 0.717) is 41.6 Å². The second-order valence-electron chi connectivity index (χ2n) is 14.5. The number of phenols is 2. The second kappa shape index (κ2) is 11.4. The zero-order valence-electron chi connectivity index (χ0n) is 24.8. The molecule has 5 rings (SSSR count). The van der Waals surface area contributed by atoms with Crippen molar-refractivity contribution in [3.63, 3.8) is 0 Å². The highest BCUT2D eigenvalue weighted by atomic mass is 16.4. The van der Waals surface area contributed by atoms with E-state index in [-0.39, 0.29) is 59.2 Å². The van der Waals surface area contributed by atoms with Gasteiger partial charge in [0, 0.05) is 12.8 Å². The average Bonchev–Trinajstić information content (AvgIpc) is 3.27. The number of hydrogen-bond acceptors (Lipinski definition) is 6. The number of amides is 1. The van der Waals surface area contributed by atoms with E-state index in [1.54, 1.807) is 0 Å². The van der Waals surface area contributed by atoms with Gasteiger partial charge >= 0.3 is 5.97 Å². The predicted molar refractivity (Wildman–Crippen MR) is 154 cm³/mol.